The molecule has 2 fully saturated rings. The summed E-state index contributed by atoms with van der Waals surface area (Å²) < 4.78 is 10.9. The zero-order valence-corrected chi connectivity index (χ0v) is 20.7. The lowest BCUT2D eigenvalue weighted by atomic mass is 9.91. The molecule has 6 nitrogen and oxygen atoms in total. The third-order valence-electron chi connectivity index (χ3n) is 6.41. The van der Waals surface area contributed by atoms with Crippen molar-refractivity contribution < 1.29 is 24.2 Å². The second-order valence-corrected chi connectivity index (χ2v) is 9.29. The minimum Gasteiger partial charge on any atom is -0.507 e. The summed E-state index contributed by atoms with van der Waals surface area (Å²) in [6.45, 7) is 2.37. The summed E-state index contributed by atoms with van der Waals surface area (Å²) in [5.74, 6) is -0.757. The van der Waals surface area contributed by atoms with Crippen LogP contribution in [0.2, 0.25) is 10.0 Å². The molecule has 1 aliphatic heterocycles. The van der Waals surface area contributed by atoms with Gasteiger partial charge in [-0.15, -0.1) is 0 Å². The van der Waals surface area contributed by atoms with E-state index >= 15 is 0 Å². The Kier molecular flexibility index (Phi) is 7.39. The van der Waals surface area contributed by atoms with Crippen LogP contribution in [-0.2, 0) is 9.59 Å². The Morgan fingerprint density at radius 1 is 1.09 bits per heavy atom. The van der Waals surface area contributed by atoms with E-state index in [2.05, 4.69) is 0 Å². The van der Waals surface area contributed by atoms with Crippen LogP contribution in [-0.4, -0.2) is 41.5 Å². The monoisotopic (exact) mass is 503 g/mol. The van der Waals surface area contributed by atoms with Crippen LogP contribution in [0.1, 0.15) is 56.2 Å². The number of carbonyl (C=O) groups excluding carboxylic acids is 2. The fourth-order valence-electron chi connectivity index (χ4n) is 4.90. The van der Waals surface area contributed by atoms with E-state index < -0.39 is 17.7 Å². The van der Waals surface area contributed by atoms with Crippen molar-refractivity contribution in [3.63, 3.8) is 0 Å². The first-order valence-electron chi connectivity index (χ1n) is 11.4. The van der Waals surface area contributed by atoms with Gasteiger partial charge in [0.15, 0.2) is 5.75 Å². The van der Waals surface area contributed by atoms with E-state index in [9.17, 15) is 14.7 Å². The number of nitrogens with zero attached hydrogens (tertiary/aromatic N) is 1. The number of ketones is 1. The summed E-state index contributed by atoms with van der Waals surface area (Å²) in [5.41, 5.74) is 0.952. The third kappa shape index (κ3) is 4.49. The average Bonchev–Trinajstić information content (AvgIpc) is 3.10. The van der Waals surface area contributed by atoms with Gasteiger partial charge in [-0.1, -0.05) is 54.6 Å². The summed E-state index contributed by atoms with van der Waals surface area (Å²) in [6, 6.07) is 9.42. The Balaban J connectivity index is 1.89. The number of carbonyl (C=O) groups is 2. The fourth-order valence-corrected chi connectivity index (χ4v) is 5.54. The van der Waals surface area contributed by atoms with Gasteiger partial charge >= 0.3 is 0 Å². The van der Waals surface area contributed by atoms with Crippen molar-refractivity contribution in [1.82, 2.24) is 4.90 Å². The molecule has 0 spiro atoms. The number of aliphatic hydroxyl groups is 1. The first kappa shape index (κ1) is 24.4. The van der Waals surface area contributed by atoms with Crippen LogP contribution in [0, 0.1) is 0 Å². The van der Waals surface area contributed by atoms with Gasteiger partial charge in [0.05, 0.1) is 35.4 Å². The number of halogens is 2. The molecule has 1 unspecified atom stereocenters. The van der Waals surface area contributed by atoms with Crippen LogP contribution >= 0.6 is 23.2 Å². The summed E-state index contributed by atoms with van der Waals surface area (Å²) >= 11 is 12.6. The Morgan fingerprint density at radius 3 is 2.38 bits per heavy atom. The largest absolute Gasteiger partial charge is 0.507 e. The molecule has 1 amide bonds. The Bertz CT molecular complexity index is 1120. The molecule has 1 saturated heterocycles. The van der Waals surface area contributed by atoms with Gasteiger partial charge in [0.1, 0.15) is 11.5 Å². The highest BCUT2D eigenvalue weighted by molar-refractivity contribution is 6.47. The molecule has 2 aliphatic rings. The second-order valence-electron chi connectivity index (χ2n) is 8.48. The van der Waals surface area contributed by atoms with Crippen LogP contribution in [0.25, 0.3) is 5.76 Å². The van der Waals surface area contributed by atoms with Crippen molar-refractivity contribution in [2.24, 2.45) is 0 Å². The molecule has 1 saturated carbocycles. The maximum atomic E-state index is 13.3. The number of ether oxygens (including phenoxy) is 2. The van der Waals surface area contributed by atoms with Crippen LogP contribution in [0.5, 0.6) is 11.5 Å². The smallest absolute Gasteiger partial charge is 0.295 e. The van der Waals surface area contributed by atoms with Crippen molar-refractivity contribution in [3.8, 4) is 11.5 Å². The van der Waals surface area contributed by atoms with E-state index in [1.165, 1.54) is 19.2 Å². The molecule has 1 aliphatic carbocycles. The minimum absolute atomic E-state index is 0.0153. The molecular formula is C26H27Cl2NO5. The lowest BCUT2D eigenvalue weighted by Gasteiger charge is -2.35. The molecule has 4 rings (SSSR count). The highest BCUT2D eigenvalue weighted by atomic mass is 35.5. The van der Waals surface area contributed by atoms with Gasteiger partial charge < -0.3 is 19.5 Å². The van der Waals surface area contributed by atoms with Crippen LogP contribution in [0.15, 0.2) is 42.0 Å². The van der Waals surface area contributed by atoms with E-state index in [0.717, 1.165) is 32.1 Å². The lowest BCUT2D eigenvalue weighted by Crippen LogP contribution is -2.40. The average molecular weight is 504 g/mol. The molecule has 2 aromatic carbocycles. The molecule has 2 aromatic rings. The first-order valence-corrected chi connectivity index (χ1v) is 12.2. The SMILES string of the molecule is CCOc1cccc(C2/C(=C(\O)c3cc(Cl)c(OC)c(Cl)c3)C(=O)C(=O)N2C2CCCCC2)c1. The number of methoxy groups -OCH3 is 1. The highest BCUT2D eigenvalue weighted by Crippen LogP contribution is 2.45. The van der Waals surface area contributed by atoms with E-state index in [1.54, 1.807) is 4.90 Å². The van der Waals surface area contributed by atoms with Crippen molar-refractivity contribution in [3.05, 3.63) is 63.1 Å². The number of likely N-dealkylation sites (tertiary alicyclic amines) is 1. The minimum atomic E-state index is -0.747. The first-order chi connectivity index (χ1) is 16.4. The van der Waals surface area contributed by atoms with Crippen LogP contribution in [0.3, 0.4) is 0 Å². The van der Waals surface area contributed by atoms with Gasteiger partial charge in [-0.2, -0.15) is 0 Å². The summed E-state index contributed by atoms with van der Waals surface area (Å²) in [6.07, 6.45) is 4.71. The Hall–Kier alpha value is -2.70. The van der Waals surface area contributed by atoms with Gasteiger partial charge in [-0.25, -0.2) is 0 Å². The molecule has 34 heavy (non-hydrogen) atoms. The van der Waals surface area contributed by atoms with Gasteiger partial charge in [-0.3, -0.25) is 9.59 Å². The maximum absolute atomic E-state index is 13.3. The zero-order valence-electron chi connectivity index (χ0n) is 19.1. The van der Waals surface area contributed by atoms with Crippen LogP contribution < -0.4 is 9.47 Å². The van der Waals surface area contributed by atoms with Gasteiger partial charge in [0, 0.05) is 11.6 Å². The molecule has 0 radical (unpaired) electrons. The lowest BCUT2D eigenvalue weighted by molar-refractivity contribution is -0.141. The molecule has 1 atom stereocenters. The molecule has 1 heterocycles. The number of hydrogen-bond acceptors (Lipinski definition) is 5. The van der Waals surface area contributed by atoms with E-state index in [-0.39, 0.29) is 38.7 Å². The highest BCUT2D eigenvalue weighted by Gasteiger charge is 2.49. The quantitative estimate of drug-likeness (QED) is 0.290. The molecule has 0 bridgehead atoms. The Labute approximate surface area is 209 Å². The van der Waals surface area contributed by atoms with Crippen molar-refractivity contribution >= 4 is 40.7 Å². The van der Waals surface area contributed by atoms with Gasteiger partial charge in [0.25, 0.3) is 11.7 Å². The standard InChI is InChI=1S/C26H27Cl2NO5/c1-3-34-18-11-7-8-15(12-18)22-21(23(30)16-13-19(27)25(33-2)20(28)14-16)24(31)26(32)29(22)17-9-5-4-6-10-17/h7-8,11-14,17,22,30H,3-6,9-10H2,1-2H3/b23-21+. The fraction of sp³-hybridized carbons (Fsp3) is 0.385. The van der Waals surface area contributed by atoms with Crippen LogP contribution in [0.4, 0.5) is 0 Å². The topological polar surface area (TPSA) is 76.1 Å². The van der Waals surface area contributed by atoms with E-state index in [4.69, 9.17) is 32.7 Å². The summed E-state index contributed by atoms with van der Waals surface area (Å²) in [5, 5.41) is 11.7. The van der Waals surface area contributed by atoms with Crippen molar-refractivity contribution in [2.75, 3.05) is 13.7 Å². The number of aliphatic hydroxyl groups excluding tert-OH is 1. The second kappa shape index (κ2) is 10.3. The number of benzene rings is 2. The summed E-state index contributed by atoms with van der Waals surface area (Å²) in [4.78, 5) is 28.3. The normalized spacial score (nSPS) is 20.6. The van der Waals surface area contributed by atoms with Gasteiger partial charge in [0.2, 0.25) is 0 Å². The number of rotatable bonds is 6. The van der Waals surface area contributed by atoms with Gasteiger partial charge in [-0.05, 0) is 49.6 Å². The van der Waals surface area contributed by atoms with Crippen molar-refractivity contribution in [1.29, 1.82) is 0 Å². The predicted octanol–water partition coefficient (Wildman–Crippen LogP) is 6.16. The molecule has 0 aromatic heterocycles. The van der Waals surface area contributed by atoms with E-state index in [0.29, 0.717) is 17.9 Å². The summed E-state index contributed by atoms with van der Waals surface area (Å²) in [7, 11) is 1.44. The number of amides is 1. The van der Waals surface area contributed by atoms with Crippen molar-refractivity contribution in [2.45, 2.75) is 51.1 Å². The molecular weight excluding hydrogens is 477 g/mol. The molecule has 8 heteroatoms. The molecule has 1 N–H and O–H groups in total. The zero-order chi connectivity index (χ0) is 24.4. The Morgan fingerprint density at radius 2 is 1.76 bits per heavy atom. The number of hydrogen-bond donors (Lipinski definition) is 1. The number of Topliss-reactive ketones (excluding diaryl/α,β-unsaturated/α-hetero) is 1. The van der Waals surface area contributed by atoms with E-state index in [1.807, 2.05) is 31.2 Å². The predicted molar refractivity (Wildman–Crippen MR) is 132 cm³/mol. The third-order valence-corrected chi connectivity index (χ3v) is 6.97. The molecule has 180 valence electrons. The maximum Gasteiger partial charge on any atom is 0.295 e.